The SMILES string of the molecule is O=C(c1cnc(NCc2ccccc2OC2CCC2)c(Cl)c1)N1CCCCC1. The topological polar surface area (TPSA) is 54.5 Å². The van der Waals surface area contributed by atoms with E-state index in [2.05, 4.69) is 10.3 Å². The number of hydrogen-bond acceptors (Lipinski definition) is 4. The average Bonchev–Trinajstić information content (AvgIpc) is 2.70. The highest BCUT2D eigenvalue weighted by Crippen LogP contribution is 2.29. The summed E-state index contributed by atoms with van der Waals surface area (Å²) in [5, 5.41) is 3.74. The van der Waals surface area contributed by atoms with E-state index in [-0.39, 0.29) is 5.91 Å². The van der Waals surface area contributed by atoms with Crippen molar-refractivity contribution in [3.05, 3.63) is 52.7 Å². The fraction of sp³-hybridized carbons (Fsp3) is 0.455. The maximum atomic E-state index is 12.6. The molecule has 5 nitrogen and oxygen atoms in total. The summed E-state index contributed by atoms with van der Waals surface area (Å²) >= 11 is 6.41. The molecule has 0 bridgehead atoms. The minimum atomic E-state index is 0.0138. The van der Waals surface area contributed by atoms with Crippen LogP contribution in [0.5, 0.6) is 5.75 Å². The molecule has 4 rings (SSSR count). The fourth-order valence-corrected chi connectivity index (χ4v) is 3.81. The second kappa shape index (κ2) is 8.82. The van der Waals surface area contributed by atoms with Gasteiger partial charge in [-0.1, -0.05) is 29.8 Å². The minimum absolute atomic E-state index is 0.0138. The third-order valence-corrected chi connectivity index (χ3v) is 5.78. The highest BCUT2D eigenvalue weighted by molar-refractivity contribution is 6.33. The maximum absolute atomic E-state index is 12.6. The van der Waals surface area contributed by atoms with Gasteiger partial charge >= 0.3 is 0 Å². The van der Waals surface area contributed by atoms with Crippen LogP contribution in [0.1, 0.15) is 54.4 Å². The number of ether oxygens (including phenoxy) is 1. The van der Waals surface area contributed by atoms with Gasteiger partial charge in [-0.2, -0.15) is 0 Å². The Kier molecular flexibility index (Phi) is 6.01. The molecule has 1 aromatic heterocycles. The zero-order valence-electron chi connectivity index (χ0n) is 16.0. The van der Waals surface area contributed by atoms with Gasteiger partial charge in [0, 0.05) is 31.4 Å². The lowest BCUT2D eigenvalue weighted by Gasteiger charge is -2.27. The van der Waals surface area contributed by atoms with E-state index in [1.165, 1.54) is 12.8 Å². The van der Waals surface area contributed by atoms with Crippen LogP contribution in [0.2, 0.25) is 5.02 Å². The van der Waals surface area contributed by atoms with Crippen LogP contribution in [0.25, 0.3) is 0 Å². The Morgan fingerprint density at radius 3 is 2.68 bits per heavy atom. The molecule has 2 aliphatic rings. The number of benzene rings is 1. The summed E-state index contributed by atoms with van der Waals surface area (Å²) in [4.78, 5) is 18.9. The van der Waals surface area contributed by atoms with Crippen molar-refractivity contribution in [2.24, 2.45) is 0 Å². The number of anilines is 1. The van der Waals surface area contributed by atoms with Crippen molar-refractivity contribution < 1.29 is 9.53 Å². The van der Waals surface area contributed by atoms with Gasteiger partial charge in [0.25, 0.3) is 5.91 Å². The highest BCUT2D eigenvalue weighted by Gasteiger charge is 2.21. The maximum Gasteiger partial charge on any atom is 0.255 e. The van der Waals surface area contributed by atoms with Crippen molar-refractivity contribution in [1.82, 2.24) is 9.88 Å². The summed E-state index contributed by atoms with van der Waals surface area (Å²) in [6.07, 6.45) is 8.77. The molecule has 1 amide bonds. The van der Waals surface area contributed by atoms with E-state index in [9.17, 15) is 4.79 Å². The number of carbonyl (C=O) groups excluding carboxylic acids is 1. The molecular formula is C22H26ClN3O2. The van der Waals surface area contributed by atoms with Gasteiger partial charge in [0.05, 0.1) is 16.7 Å². The number of likely N-dealkylation sites (tertiary alicyclic amines) is 1. The van der Waals surface area contributed by atoms with Crippen LogP contribution in [0.15, 0.2) is 36.5 Å². The number of pyridine rings is 1. The van der Waals surface area contributed by atoms with E-state index in [0.717, 1.165) is 50.1 Å². The second-order valence-electron chi connectivity index (χ2n) is 7.54. The quantitative estimate of drug-likeness (QED) is 0.750. The second-order valence-corrected chi connectivity index (χ2v) is 7.95. The lowest BCUT2D eigenvalue weighted by Crippen LogP contribution is -2.35. The van der Waals surface area contributed by atoms with Crippen LogP contribution in [-0.2, 0) is 6.54 Å². The Bertz CT molecular complexity index is 832. The number of carbonyl (C=O) groups is 1. The zero-order chi connectivity index (χ0) is 19.3. The van der Waals surface area contributed by atoms with Crippen LogP contribution in [0.3, 0.4) is 0 Å². The molecule has 148 valence electrons. The smallest absolute Gasteiger partial charge is 0.255 e. The van der Waals surface area contributed by atoms with Crippen molar-refractivity contribution in [3.63, 3.8) is 0 Å². The van der Waals surface area contributed by atoms with Gasteiger partial charge in [-0.3, -0.25) is 4.79 Å². The standard InChI is InChI=1S/C22H26ClN3O2/c23-19-13-17(22(27)26-11-4-1-5-12-26)15-25-21(19)24-14-16-7-2-3-10-20(16)28-18-8-6-9-18/h2-3,7,10,13,15,18H,1,4-6,8-9,11-12,14H2,(H,24,25). The minimum Gasteiger partial charge on any atom is -0.490 e. The molecule has 2 aromatic rings. The van der Waals surface area contributed by atoms with Crippen molar-refractivity contribution >= 4 is 23.3 Å². The lowest BCUT2D eigenvalue weighted by atomic mass is 9.96. The molecule has 1 N–H and O–H groups in total. The van der Waals surface area contributed by atoms with E-state index in [1.807, 2.05) is 29.2 Å². The molecule has 28 heavy (non-hydrogen) atoms. The molecule has 1 aliphatic carbocycles. The summed E-state index contributed by atoms with van der Waals surface area (Å²) < 4.78 is 6.07. The number of halogens is 1. The Morgan fingerprint density at radius 2 is 1.96 bits per heavy atom. The van der Waals surface area contributed by atoms with Crippen molar-refractivity contribution in [2.75, 3.05) is 18.4 Å². The average molecular weight is 400 g/mol. The van der Waals surface area contributed by atoms with E-state index in [0.29, 0.717) is 29.1 Å². The first-order chi connectivity index (χ1) is 13.7. The van der Waals surface area contributed by atoms with Crippen LogP contribution in [0, 0.1) is 0 Å². The predicted molar refractivity (Wildman–Crippen MR) is 111 cm³/mol. The number of nitrogens with one attached hydrogen (secondary N) is 1. The molecule has 0 radical (unpaired) electrons. The normalized spacial score (nSPS) is 17.1. The molecule has 1 aromatic carbocycles. The van der Waals surface area contributed by atoms with E-state index in [4.69, 9.17) is 16.3 Å². The predicted octanol–water partition coefficient (Wildman–Crippen LogP) is 4.90. The first-order valence-corrected chi connectivity index (χ1v) is 10.5. The molecule has 1 saturated carbocycles. The molecule has 1 saturated heterocycles. The number of nitrogens with zero attached hydrogens (tertiary/aromatic N) is 2. The summed E-state index contributed by atoms with van der Waals surface area (Å²) in [6, 6.07) is 9.75. The van der Waals surface area contributed by atoms with E-state index in [1.54, 1.807) is 12.3 Å². The van der Waals surface area contributed by atoms with Gasteiger partial charge < -0.3 is 15.0 Å². The molecular weight excluding hydrogens is 374 g/mol. The number of rotatable bonds is 6. The number of hydrogen-bond donors (Lipinski definition) is 1. The third kappa shape index (κ3) is 4.41. The van der Waals surface area contributed by atoms with Gasteiger partial charge in [-0.25, -0.2) is 4.98 Å². The van der Waals surface area contributed by atoms with E-state index < -0.39 is 0 Å². The highest BCUT2D eigenvalue weighted by atomic mass is 35.5. The van der Waals surface area contributed by atoms with Gasteiger partial charge in [0.1, 0.15) is 11.6 Å². The Balaban J connectivity index is 1.41. The van der Waals surface area contributed by atoms with Crippen LogP contribution >= 0.6 is 11.6 Å². The first-order valence-electron chi connectivity index (χ1n) is 10.1. The van der Waals surface area contributed by atoms with Crippen LogP contribution in [-0.4, -0.2) is 35.0 Å². The third-order valence-electron chi connectivity index (χ3n) is 5.50. The van der Waals surface area contributed by atoms with Gasteiger partial charge in [0.15, 0.2) is 0 Å². The van der Waals surface area contributed by atoms with Gasteiger partial charge in [-0.05, 0) is 50.7 Å². The van der Waals surface area contributed by atoms with Crippen LogP contribution in [0.4, 0.5) is 5.82 Å². The Morgan fingerprint density at radius 1 is 1.18 bits per heavy atom. The van der Waals surface area contributed by atoms with Gasteiger partial charge in [0.2, 0.25) is 0 Å². The number of para-hydroxylation sites is 1. The summed E-state index contributed by atoms with van der Waals surface area (Å²) in [5.74, 6) is 1.50. The van der Waals surface area contributed by atoms with E-state index >= 15 is 0 Å². The van der Waals surface area contributed by atoms with Gasteiger partial charge in [-0.15, -0.1) is 0 Å². The molecule has 2 heterocycles. The molecule has 1 aliphatic heterocycles. The van der Waals surface area contributed by atoms with Crippen molar-refractivity contribution in [1.29, 1.82) is 0 Å². The van der Waals surface area contributed by atoms with Crippen molar-refractivity contribution in [2.45, 2.75) is 51.2 Å². The van der Waals surface area contributed by atoms with Crippen LogP contribution < -0.4 is 10.1 Å². The first kappa shape index (κ1) is 19.1. The number of amides is 1. The number of piperidine rings is 1. The Hall–Kier alpha value is -2.27. The fourth-order valence-electron chi connectivity index (χ4n) is 3.58. The molecule has 0 spiro atoms. The molecule has 2 fully saturated rings. The zero-order valence-corrected chi connectivity index (χ0v) is 16.8. The Labute approximate surface area is 171 Å². The summed E-state index contributed by atoms with van der Waals surface area (Å²) in [6.45, 7) is 2.19. The molecule has 0 unspecified atom stereocenters. The molecule has 0 atom stereocenters. The summed E-state index contributed by atoms with van der Waals surface area (Å²) in [5.41, 5.74) is 1.62. The monoisotopic (exact) mass is 399 g/mol. The molecule has 6 heteroatoms. The largest absolute Gasteiger partial charge is 0.490 e. The van der Waals surface area contributed by atoms with Crippen molar-refractivity contribution in [3.8, 4) is 5.75 Å². The lowest BCUT2D eigenvalue weighted by molar-refractivity contribution is 0.0724. The summed E-state index contributed by atoms with van der Waals surface area (Å²) in [7, 11) is 0. The number of aromatic nitrogens is 1.